The van der Waals surface area contributed by atoms with Gasteiger partial charge in [0.25, 0.3) is 0 Å². The van der Waals surface area contributed by atoms with Gasteiger partial charge in [0.15, 0.2) is 11.5 Å². The van der Waals surface area contributed by atoms with E-state index in [0.29, 0.717) is 23.8 Å². The second-order valence-corrected chi connectivity index (χ2v) is 4.47. The molecular weight excluding hydrogens is 266 g/mol. The van der Waals surface area contributed by atoms with Crippen LogP contribution >= 0.6 is 0 Å². The van der Waals surface area contributed by atoms with Gasteiger partial charge in [0.05, 0.1) is 7.11 Å². The van der Waals surface area contributed by atoms with E-state index in [1.54, 1.807) is 19.4 Å². The minimum absolute atomic E-state index is 0.358. The number of pyridine rings is 1. The van der Waals surface area contributed by atoms with E-state index >= 15 is 0 Å². The van der Waals surface area contributed by atoms with Gasteiger partial charge in [-0.15, -0.1) is 0 Å². The molecule has 0 saturated carbocycles. The highest BCUT2D eigenvalue weighted by Crippen LogP contribution is 2.28. The van der Waals surface area contributed by atoms with Crippen LogP contribution in [0.3, 0.4) is 0 Å². The topological polar surface area (TPSA) is 67.2 Å². The molecule has 1 aromatic heterocycles. The van der Waals surface area contributed by atoms with Gasteiger partial charge >= 0.3 is 0 Å². The maximum absolute atomic E-state index is 8.84. The molecule has 2 rings (SSSR count). The third-order valence-electron chi connectivity index (χ3n) is 2.94. The van der Waals surface area contributed by atoms with Crippen LogP contribution < -0.4 is 14.8 Å². The predicted octanol–water partition coefficient (Wildman–Crippen LogP) is 2.26. The molecule has 1 N–H and O–H groups in total. The van der Waals surface area contributed by atoms with Crippen LogP contribution in [0.1, 0.15) is 16.8 Å². The summed E-state index contributed by atoms with van der Waals surface area (Å²) in [7, 11) is 3.51. The Morgan fingerprint density at radius 1 is 1.19 bits per heavy atom. The van der Waals surface area contributed by atoms with E-state index in [1.807, 2.05) is 37.4 Å². The molecule has 5 heteroatoms. The van der Waals surface area contributed by atoms with Gasteiger partial charge in [-0.05, 0) is 42.4 Å². The maximum Gasteiger partial charge on any atom is 0.161 e. The van der Waals surface area contributed by atoms with Crippen LogP contribution in [0, 0.1) is 11.3 Å². The van der Waals surface area contributed by atoms with Crippen molar-refractivity contribution in [1.82, 2.24) is 10.3 Å². The molecule has 1 aromatic carbocycles. The molecular formula is C16H17N3O2. The van der Waals surface area contributed by atoms with E-state index in [2.05, 4.69) is 10.3 Å². The molecule has 1 heterocycles. The molecule has 0 fully saturated rings. The van der Waals surface area contributed by atoms with Gasteiger partial charge in [-0.25, -0.2) is 4.98 Å². The summed E-state index contributed by atoms with van der Waals surface area (Å²) in [5.74, 6) is 1.37. The Morgan fingerprint density at radius 2 is 2.05 bits per heavy atom. The minimum atomic E-state index is 0.358. The number of nitrogens with one attached hydrogen (secondary N) is 1. The van der Waals surface area contributed by atoms with Gasteiger partial charge < -0.3 is 14.8 Å². The van der Waals surface area contributed by atoms with Crippen molar-refractivity contribution in [3.8, 4) is 17.6 Å². The van der Waals surface area contributed by atoms with Crippen molar-refractivity contribution in [2.24, 2.45) is 0 Å². The van der Waals surface area contributed by atoms with Gasteiger partial charge in [-0.2, -0.15) is 5.26 Å². The Bertz CT molecular complexity index is 650. The summed E-state index contributed by atoms with van der Waals surface area (Å²) in [4.78, 5) is 3.94. The summed E-state index contributed by atoms with van der Waals surface area (Å²) < 4.78 is 11.1. The molecule has 0 unspecified atom stereocenters. The van der Waals surface area contributed by atoms with E-state index in [9.17, 15) is 0 Å². The summed E-state index contributed by atoms with van der Waals surface area (Å²) in [6.07, 6.45) is 1.60. The highest BCUT2D eigenvalue weighted by molar-refractivity contribution is 5.43. The van der Waals surface area contributed by atoms with Gasteiger partial charge in [-0.1, -0.05) is 6.07 Å². The molecule has 21 heavy (non-hydrogen) atoms. The first-order valence-electron chi connectivity index (χ1n) is 6.56. The summed E-state index contributed by atoms with van der Waals surface area (Å²) in [6.45, 7) is 1.12. The van der Waals surface area contributed by atoms with Crippen LogP contribution in [-0.4, -0.2) is 19.1 Å². The van der Waals surface area contributed by atoms with Crippen molar-refractivity contribution in [2.45, 2.75) is 13.2 Å². The fourth-order valence-corrected chi connectivity index (χ4v) is 1.93. The molecule has 0 aliphatic rings. The zero-order valence-electron chi connectivity index (χ0n) is 12.1. The molecule has 5 nitrogen and oxygen atoms in total. The van der Waals surface area contributed by atoms with E-state index in [1.165, 1.54) is 0 Å². The van der Waals surface area contributed by atoms with Crippen LogP contribution in [0.5, 0.6) is 11.5 Å². The number of ether oxygens (including phenoxy) is 2. The highest BCUT2D eigenvalue weighted by atomic mass is 16.5. The number of aromatic nitrogens is 1. The zero-order valence-corrected chi connectivity index (χ0v) is 12.1. The molecule has 0 amide bonds. The van der Waals surface area contributed by atoms with E-state index in [4.69, 9.17) is 14.7 Å². The van der Waals surface area contributed by atoms with Crippen molar-refractivity contribution in [3.05, 3.63) is 53.3 Å². The Balaban J connectivity index is 2.14. The smallest absolute Gasteiger partial charge is 0.161 e. The monoisotopic (exact) mass is 283 g/mol. The van der Waals surface area contributed by atoms with Crippen LogP contribution in [0.15, 0.2) is 36.5 Å². The third-order valence-corrected chi connectivity index (χ3v) is 2.94. The van der Waals surface area contributed by atoms with Crippen molar-refractivity contribution in [2.75, 3.05) is 14.2 Å². The molecule has 0 atom stereocenters. The van der Waals surface area contributed by atoms with Gasteiger partial charge in [-0.3, -0.25) is 0 Å². The number of rotatable bonds is 6. The Kier molecular flexibility index (Phi) is 5.13. The average molecular weight is 283 g/mol. The van der Waals surface area contributed by atoms with Crippen LogP contribution in [-0.2, 0) is 13.2 Å². The lowest BCUT2D eigenvalue weighted by molar-refractivity contribution is 0.284. The first kappa shape index (κ1) is 14.8. The van der Waals surface area contributed by atoms with Crippen molar-refractivity contribution < 1.29 is 9.47 Å². The Labute approximate surface area is 124 Å². The Hall–Kier alpha value is -2.58. The van der Waals surface area contributed by atoms with Crippen LogP contribution in [0.4, 0.5) is 0 Å². The normalized spacial score (nSPS) is 9.95. The molecule has 0 saturated heterocycles. The summed E-state index contributed by atoms with van der Waals surface area (Å²) in [5.41, 5.74) is 2.38. The standard InChI is InChI=1S/C16H17N3O2/c1-18-10-12-3-4-15(20-2)16(8-12)21-11-13-5-6-19-14(7-13)9-17/h3-8,18H,10-11H2,1-2H3. The largest absolute Gasteiger partial charge is 0.493 e. The van der Waals surface area contributed by atoms with E-state index < -0.39 is 0 Å². The lowest BCUT2D eigenvalue weighted by Gasteiger charge is -2.12. The molecule has 0 aliphatic heterocycles. The summed E-state index contributed by atoms with van der Waals surface area (Å²) in [5, 5.41) is 11.9. The quantitative estimate of drug-likeness (QED) is 0.880. The second kappa shape index (κ2) is 7.27. The summed E-state index contributed by atoms with van der Waals surface area (Å²) >= 11 is 0. The van der Waals surface area contributed by atoms with Crippen molar-refractivity contribution in [1.29, 1.82) is 5.26 Å². The van der Waals surface area contributed by atoms with E-state index in [-0.39, 0.29) is 0 Å². The molecule has 2 aromatic rings. The molecule has 108 valence electrons. The number of nitriles is 1. The average Bonchev–Trinajstić information content (AvgIpc) is 2.53. The first-order chi connectivity index (χ1) is 10.3. The number of benzene rings is 1. The van der Waals surface area contributed by atoms with Gasteiger partial charge in [0.2, 0.25) is 0 Å². The zero-order chi connectivity index (χ0) is 15.1. The van der Waals surface area contributed by atoms with Crippen molar-refractivity contribution in [3.63, 3.8) is 0 Å². The molecule has 0 aliphatic carbocycles. The molecule has 0 radical (unpaired) electrons. The van der Waals surface area contributed by atoms with Crippen LogP contribution in [0.25, 0.3) is 0 Å². The molecule has 0 bridgehead atoms. The van der Waals surface area contributed by atoms with Crippen LogP contribution in [0.2, 0.25) is 0 Å². The lowest BCUT2D eigenvalue weighted by atomic mass is 10.2. The number of hydrogen-bond acceptors (Lipinski definition) is 5. The van der Waals surface area contributed by atoms with E-state index in [0.717, 1.165) is 17.7 Å². The van der Waals surface area contributed by atoms with Crippen molar-refractivity contribution >= 4 is 0 Å². The lowest BCUT2D eigenvalue weighted by Crippen LogP contribution is -2.06. The third kappa shape index (κ3) is 3.94. The number of hydrogen-bond donors (Lipinski definition) is 1. The SMILES string of the molecule is CNCc1ccc(OC)c(OCc2ccnc(C#N)c2)c1. The Morgan fingerprint density at radius 3 is 2.76 bits per heavy atom. The number of nitrogens with zero attached hydrogens (tertiary/aromatic N) is 2. The van der Waals surface area contributed by atoms with Gasteiger partial charge in [0.1, 0.15) is 18.4 Å². The second-order valence-electron chi connectivity index (χ2n) is 4.47. The minimum Gasteiger partial charge on any atom is -0.493 e. The number of methoxy groups -OCH3 is 1. The first-order valence-corrected chi connectivity index (χ1v) is 6.56. The van der Waals surface area contributed by atoms with Gasteiger partial charge in [0, 0.05) is 12.7 Å². The maximum atomic E-state index is 8.84. The summed E-state index contributed by atoms with van der Waals surface area (Å²) in [6, 6.07) is 11.4. The highest BCUT2D eigenvalue weighted by Gasteiger charge is 2.06. The fraction of sp³-hybridized carbons (Fsp3) is 0.250. The molecule has 0 spiro atoms. The predicted molar refractivity (Wildman–Crippen MR) is 79.0 cm³/mol. The fourth-order valence-electron chi connectivity index (χ4n) is 1.93.